The number of nitrogens with zero attached hydrogens (tertiary/aromatic N) is 1. The van der Waals surface area contributed by atoms with Crippen LogP contribution in [0.25, 0.3) is 10.8 Å². The van der Waals surface area contributed by atoms with Gasteiger partial charge in [-0.3, -0.25) is 4.79 Å². The zero-order chi connectivity index (χ0) is 14.7. The fourth-order valence-corrected chi connectivity index (χ4v) is 2.92. The summed E-state index contributed by atoms with van der Waals surface area (Å²) in [5.74, 6) is 0.353. The average Bonchev–Trinajstić information content (AvgIpc) is 3.16. The van der Waals surface area contributed by atoms with Crippen LogP contribution in [0.5, 0.6) is 0 Å². The number of thiazole rings is 1. The Hall–Kier alpha value is -1.70. The van der Waals surface area contributed by atoms with Gasteiger partial charge in [-0.1, -0.05) is 0 Å². The van der Waals surface area contributed by atoms with Crippen molar-refractivity contribution in [3.63, 3.8) is 0 Å². The van der Waals surface area contributed by atoms with Gasteiger partial charge in [0.1, 0.15) is 5.69 Å². The largest absolute Gasteiger partial charge is 0.462 e. The van der Waals surface area contributed by atoms with E-state index < -0.39 is 5.60 Å². The van der Waals surface area contributed by atoms with Crippen molar-refractivity contribution in [3.05, 3.63) is 29.5 Å². The summed E-state index contributed by atoms with van der Waals surface area (Å²) in [5.41, 5.74) is -0.546. The van der Waals surface area contributed by atoms with Gasteiger partial charge in [-0.15, -0.1) is 11.3 Å². The minimum Gasteiger partial charge on any atom is -0.462 e. The summed E-state index contributed by atoms with van der Waals surface area (Å²) in [4.78, 5) is 16.3. The standard InChI is InChI=1S/C14H16N2O4S/c17-12(15-9-14(18)3-6-19-7-4-14)10-8-21-13(16-10)11-2-1-5-20-11/h1-2,5,8,18H,3-4,6-7,9H2,(H,15,17). The maximum absolute atomic E-state index is 12.1. The minimum absolute atomic E-state index is 0.211. The predicted molar refractivity (Wildman–Crippen MR) is 77.2 cm³/mol. The van der Waals surface area contributed by atoms with E-state index in [9.17, 15) is 9.90 Å². The maximum atomic E-state index is 12.1. The normalized spacial score (nSPS) is 17.6. The highest BCUT2D eigenvalue weighted by Crippen LogP contribution is 2.24. The van der Waals surface area contributed by atoms with E-state index >= 15 is 0 Å². The molecule has 1 fully saturated rings. The van der Waals surface area contributed by atoms with Crippen LogP contribution >= 0.6 is 11.3 Å². The molecule has 21 heavy (non-hydrogen) atoms. The first-order valence-corrected chi connectivity index (χ1v) is 7.62. The van der Waals surface area contributed by atoms with Gasteiger partial charge in [0.05, 0.1) is 11.9 Å². The second-order valence-corrected chi connectivity index (χ2v) is 5.89. The Morgan fingerprint density at radius 3 is 3.00 bits per heavy atom. The molecular weight excluding hydrogens is 292 g/mol. The molecule has 0 aliphatic carbocycles. The molecule has 3 rings (SSSR count). The summed E-state index contributed by atoms with van der Waals surface area (Å²) in [6, 6.07) is 3.57. The van der Waals surface area contributed by atoms with Crippen LogP contribution < -0.4 is 5.32 Å². The lowest BCUT2D eigenvalue weighted by atomic mass is 9.94. The monoisotopic (exact) mass is 308 g/mol. The third kappa shape index (κ3) is 3.31. The van der Waals surface area contributed by atoms with Crippen molar-refractivity contribution in [2.24, 2.45) is 0 Å². The van der Waals surface area contributed by atoms with E-state index in [4.69, 9.17) is 9.15 Å². The summed E-state index contributed by atoms with van der Waals surface area (Å²) >= 11 is 1.35. The van der Waals surface area contributed by atoms with Crippen LogP contribution in [0, 0.1) is 0 Å². The molecule has 1 aliphatic heterocycles. The van der Waals surface area contributed by atoms with Crippen LogP contribution in [0.2, 0.25) is 0 Å². The van der Waals surface area contributed by atoms with E-state index in [1.54, 1.807) is 23.8 Å². The Morgan fingerprint density at radius 2 is 2.29 bits per heavy atom. The molecule has 0 unspecified atom stereocenters. The number of hydrogen-bond donors (Lipinski definition) is 2. The van der Waals surface area contributed by atoms with Crippen molar-refractivity contribution in [2.45, 2.75) is 18.4 Å². The molecule has 3 heterocycles. The van der Waals surface area contributed by atoms with Gasteiger partial charge < -0.3 is 19.6 Å². The first kappa shape index (κ1) is 14.2. The lowest BCUT2D eigenvalue weighted by Crippen LogP contribution is -2.46. The van der Waals surface area contributed by atoms with E-state index in [2.05, 4.69) is 10.3 Å². The van der Waals surface area contributed by atoms with Gasteiger partial charge in [0, 0.05) is 38.0 Å². The number of hydrogen-bond acceptors (Lipinski definition) is 6. The summed E-state index contributed by atoms with van der Waals surface area (Å²) in [6.07, 6.45) is 2.63. The molecule has 0 atom stereocenters. The van der Waals surface area contributed by atoms with Crippen molar-refractivity contribution in [3.8, 4) is 10.8 Å². The number of nitrogens with one attached hydrogen (secondary N) is 1. The molecular formula is C14H16N2O4S. The number of rotatable bonds is 4. The maximum Gasteiger partial charge on any atom is 0.270 e. The van der Waals surface area contributed by atoms with E-state index in [1.807, 2.05) is 0 Å². The summed E-state index contributed by atoms with van der Waals surface area (Å²) in [5, 5.41) is 15.4. The zero-order valence-corrected chi connectivity index (χ0v) is 12.2. The number of ether oxygens (including phenoxy) is 1. The number of carbonyl (C=O) groups excluding carboxylic acids is 1. The van der Waals surface area contributed by atoms with Crippen molar-refractivity contribution in [2.75, 3.05) is 19.8 Å². The molecule has 1 saturated heterocycles. The number of amides is 1. The van der Waals surface area contributed by atoms with Crippen LogP contribution in [-0.4, -0.2) is 41.4 Å². The third-order valence-electron chi connectivity index (χ3n) is 3.47. The second kappa shape index (κ2) is 5.97. The molecule has 1 amide bonds. The molecule has 0 spiro atoms. The number of furan rings is 1. The van der Waals surface area contributed by atoms with Gasteiger partial charge in [0.2, 0.25) is 0 Å². The Kier molecular flexibility index (Phi) is 4.05. The fourth-order valence-electron chi connectivity index (χ4n) is 2.15. The van der Waals surface area contributed by atoms with Gasteiger partial charge in [-0.05, 0) is 12.1 Å². The Balaban J connectivity index is 1.61. The third-order valence-corrected chi connectivity index (χ3v) is 4.33. The smallest absolute Gasteiger partial charge is 0.270 e. The average molecular weight is 308 g/mol. The number of aromatic nitrogens is 1. The predicted octanol–water partition coefficient (Wildman–Crippen LogP) is 1.67. The second-order valence-electron chi connectivity index (χ2n) is 5.03. The van der Waals surface area contributed by atoms with E-state index in [0.29, 0.717) is 42.5 Å². The van der Waals surface area contributed by atoms with E-state index in [1.165, 1.54) is 11.3 Å². The summed E-state index contributed by atoms with van der Waals surface area (Å²) in [7, 11) is 0. The highest BCUT2D eigenvalue weighted by atomic mass is 32.1. The number of aliphatic hydroxyl groups is 1. The van der Waals surface area contributed by atoms with Crippen LogP contribution in [0.1, 0.15) is 23.3 Å². The van der Waals surface area contributed by atoms with Gasteiger partial charge in [0.25, 0.3) is 5.91 Å². The van der Waals surface area contributed by atoms with E-state index in [0.717, 1.165) is 0 Å². The van der Waals surface area contributed by atoms with Crippen LogP contribution in [-0.2, 0) is 4.74 Å². The highest BCUT2D eigenvalue weighted by molar-refractivity contribution is 7.13. The zero-order valence-electron chi connectivity index (χ0n) is 11.4. The molecule has 1 aliphatic rings. The minimum atomic E-state index is -0.881. The molecule has 2 N–H and O–H groups in total. The van der Waals surface area contributed by atoms with Crippen LogP contribution in [0.3, 0.4) is 0 Å². The molecule has 2 aromatic rings. The Labute approximate surface area is 125 Å². The fraction of sp³-hybridized carbons (Fsp3) is 0.429. The van der Waals surface area contributed by atoms with Gasteiger partial charge >= 0.3 is 0 Å². The number of carbonyl (C=O) groups is 1. The first-order valence-electron chi connectivity index (χ1n) is 6.74. The van der Waals surface area contributed by atoms with Gasteiger partial charge in [-0.2, -0.15) is 0 Å². The Bertz CT molecular complexity index is 602. The van der Waals surface area contributed by atoms with Crippen molar-refractivity contribution in [1.82, 2.24) is 10.3 Å². The first-order chi connectivity index (χ1) is 10.2. The highest BCUT2D eigenvalue weighted by Gasteiger charge is 2.30. The topological polar surface area (TPSA) is 84.6 Å². The molecule has 0 saturated carbocycles. The molecule has 6 nitrogen and oxygen atoms in total. The molecule has 0 radical (unpaired) electrons. The Morgan fingerprint density at radius 1 is 1.48 bits per heavy atom. The molecule has 0 aromatic carbocycles. The summed E-state index contributed by atoms with van der Waals surface area (Å²) in [6.45, 7) is 1.25. The van der Waals surface area contributed by atoms with Crippen molar-refractivity contribution in [1.29, 1.82) is 0 Å². The van der Waals surface area contributed by atoms with Gasteiger partial charge in [-0.25, -0.2) is 4.98 Å². The van der Waals surface area contributed by atoms with Crippen LogP contribution in [0.4, 0.5) is 0 Å². The lowest BCUT2D eigenvalue weighted by Gasteiger charge is -2.31. The molecule has 7 heteroatoms. The van der Waals surface area contributed by atoms with Crippen molar-refractivity contribution < 1.29 is 19.1 Å². The molecule has 0 bridgehead atoms. The van der Waals surface area contributed by atoms with Gasteiger partial charge in [0.15, 0.2) is 10.8 Å². The molecule has 112 valence electrons. The van der Waals surface area contributed by atoms with Crippen molar-refractivity contribution >= 4 is 17.2 Å². The lowest BCUT2D eigenvalue weighted by molar-refractivity contribution is -0.0605. The van der Waals surface area contributed by atoms with Crippen LogP contribution in [0.15, 0.2) is 28.2 Å². The molecule has 2 aromatic heterocycles. The quantitative estimate of drug-likeness (QED) is 0.897. The summed E-state index contributed by atoms with van der Waals surface area (Å²) < 4.78 is 10.5. The van der Waals surface area contributed by atoms with E-state index in [-0.39, 0.29) is 12.5 Å². The SMILES string of the molecule is O=C(NCC1(O)CCOCC1)c1csc(-c2ccco2)n1.